The van der Waals surface area contributed by atoms with E-state index in [0.29, 0.717) is 22.9 Å². The van der Waals surface area contributed by atoms with E-state index in [0.717, 1.165) is 0 Å². The van der Waals surface area contributed by atoms with Crippen molar-refractivity contribution in [2.75, 3.05) is 12.4 Å². The van der Waals surface area contributed by atoms with Gasteiger partial charge in [0.1, 0.15) is 5.75 Å². The Morgan fingerprint density at radius 2 is 1.69 bits per heavy atom. The number of carbonyl (C=O) groups is 2. The molecule has 6 heteroatoms. The molecule has 1 unspecified atom stereocenters. The minimum Gasteiger partial charge on any atom is -0.471 e. The number of benzene rings is 2. The molecule has 0 heterocycles. The van der Waals surface area contributed by atoms with E-state index in [2.05, 4.69) is 29.2 Å². The van der Waals surface area contributed by atoms with E-state index >= 15 is 0 Å². The van der Waals surface area contributed by atoms with Gasteiger partial charge in [-0.1, -0.05) is 32.0 Å². The molecule has 0 radical (unpaired) electrons. The van der Waals surface area contributed by atoms with E-state index in [9.17, 15) is 9.59 Å². The Hall–Kier alpha value is -3.02. The van der Waals surface area contributed by atoms with Gasteiger partial charge < -0.3 is 20.1 Å². The summed E-state index contributed by atoms with van der Waals surface area (Å²) < 4.78 is 10.4. The van der Waals surface area contributed by atoms with Gasteiger partial charge in [0.15, 0.2) is 6.23 Å². The quantitative estimate of drug-likeness (QED) is 0.602. The summed E-state index contributed by atoms with van der Waals surface area (Å²) in [4.78, 5) is 23.6. The summed E-state index contributed by atoms with van der Waals surface area (Å²) in [5.41, 5.74) is 2.07. The molecule has 0 aliphatic heterocycles. The van der Waals surface area contributed by atoms with Crippen molar-refractivity contribution < 1.29 is 19.1 Å². The number of esters is 1. The Morgan fingerprint density at radius 3 is 2.31 bits per heavy atom. The molecule has 0 bridgehead atoms. The van der Waals surface area contributed by atoms with Crippen LogP contribution in [0, 0.1) is 0 Å². The van der Waals surface area contributed by atoms with E-state index in [1.807, 2.05) is 24.3 Å². The molecule has 2 aromatic rings. The number of nitrogens with one attached hydrogen (secondary N) is 2. The van der Waals surface area contributed by atoms with E-state index in [-0.39, 0.29) is 0 Å². The van der Waals surface area contributed by atoms with Gasteiger partial charge in [-0.2, -0.15) is 0 Å². The van der Waals surface area contributed by atoms with E-state index in [1.54, 1.807) is 31.2 Å². The largest absolute Gasteiger partial charge is 0.471 e. The maximum Gasteiger partial charge on any atom is 0.337 e. The summed E-state index contributed by atoms with van der Waals surface area (Å²) in [5.74, 6) is 0.664. The van der Waals surface area contributed by atoms with Gasteiger partial charge >= 0.3 is 12.0 Å². The normalized spacial score (nSPS) is 11.6. The molecule has 2 aromatic carbocycles. The van der Waals surface area contributed by atoms with Crippen LogP contribution in [0.25, 0.3) is 0 Å². The molecule has 0 aliphatic carbocycles. The van der Waals surface area contributed by atoms with Crippen LogP contribution in [0.5, 0.6) is 5.75 Å². The highest BCUT2D eigenvalue weighted by molar-refractivity contribution is 5.93. The molecule has 26 heavy (non-hydrogen) atoms. The minimum absolute atomic E-state index is 0.361. The smallest absolute Gasteiger partial charge is 0.337 e. The van der Waals surface area contributed by atoms with Crippen molar-refractivity contribution >= 4 is 17.7 Å². The molecule has 0 spiro atoms. The molecule has 138 valence electrons. The van der Waals surface area contributed by atoms with Gasteiger partial charge in [-0.3, -0.25) is 0 Å². The fourth-order valence-electron chi connectivity index (χ4n) is 2.36. The SMILES string of the molecule is COC(=O)c1cccc(NC(=O)NC(C)Oc2ccc(C(C)C)cc2)c1. The number of rotatable bonds is 6. The number of amides is 2. The minimum atomic E-state index is -0.524. The predicted molar refractivity (Wildman–Crippen MR) is 101 cm³/mol. The van der Waals surface area contributed by atoms with Crippen LogP contribution >= 0.6 is 0 Å². The van der Waals surface area contributed by atoms with Crippen LogP contribution in [0.2, 0.25) is 0 Å². The number of anilines is 1. The van der Waals surface area contributed by atoms with Crippen LogP contribution in [0.1, 0.15) is 42.6 Å². The van der Waals surface area contributed by atoms with Crippen molar-refractivity contribution in [3.8, 4) is 5.75 Å². The number of methoxy groups -OCH3 is 1. The zero-order valence-corrected chi connectivity index (χ0v) is 15.4. The second-order valence-corrected chi connectivity index (χ2v) is 6.15. The monoisotopic (exact) mass is 356 g/mol. The Kier molecular flexibility index (Phi) is 6.60. The summed E-state index contributed by atoms with van der Waals surface area (Å²) >= 11 is 0. The van der Waals surface area contributed by atoms with Crippen molar-refractivity contribution in [1.82, 2.24) is 5.32 Å². The van der Waals surface area contributed by atoms with E-state index in [4.69, 9.17) is 4.74 Å². The second-order valence-electron chi connectivity index (χ2n) is 6.15. The lowest BCUT2D eigenvalue weighted by atomic mass is 10.0. The zero-order chi connectivity index (χ0) is 19.1. The number of hydrogen-bond donors (Lipinski definition) is 2. The molecule has 0 fully saturated rings. The first-order valence-corrected chi connectivity index (χ1v) is 8.41. The summed E-state index contributed by atoms with van der Waals surface area (Å²) in [6.07, 6.45) is -0.524. The Balaban J connectivity index is 1.90. The molecule has 0 aliphatic rings. The van der Waals surface area contributed by atoms with Gasteiger partial charge in [-0.05, 0) is 48.7 Å². The zero-order valence-electron chi connectivity index (χ0n) is 15.4. The van der Waals surface area contributed by atoms with Crippen molar-refractivity contribution in [1.29, 1.82) is 0 Å². The van der Waals surface area contributed by atoms with Gasteiger partial charge in [0.25, 0.3) is 0 Å². The molecule has 2 amide bonds. The number of hydrogen-bond acceptors (Lipinski definition) is 4. The third-order valence-corrected chi connectivity index (χ3v) is 3.74. The third-order valence-electron chi connectivity index (χ3n) is 3.74. The number of ether oxygens (including phenoxy) is 2. The molecular weight excluding hydrogens is 332 g/mol. The first-order chi connectivity index (χ1) is 12.4. The first-order valence-electron chi connectivity index (χ1n) is 8.41. The number of carbonyl (C=O) groups excluding carboxylic acids is 2. The van der Waals surface area contributed by atoms with Crippen LogP contribution in [0.15, 0.2) is 48.5 Å². The van der Waals surface area contributed by atoms with Crippen molar-refractivity contribution in [2.45, 2.75) is 32.9 Å². The van der Waals surface area contributed by atoms with Gasteiger partial charge in [0, 0.05) is 5.69 Å². The van der Waals surface area contributed by atoms with E-state index in [1.165, 1.54) is 12.7 Å². The van der Waals surface area contributed by atoms with Crippen molar-refractivity contribution in [3.63, 3.8) is 0 Å². The standard InChI is InChI=1S/C20H24N2O4/c1-13(2)15-8-10-18(11-9-15)26-14(3)21-20(24)22-17-7-5-6-16(12-17)19(23)25-4/h5-14H,1-4H3,(H2,21,22,24). The molecule has 0 saturated carbocycles. The van der Waals surface area contributed by atoms with Gasteiger partial charge in [-0.15, -0.1) is 0 Å². The van der Waals surface area contributed by atoms with Gasteiger partial charge in [0.2, 0.25) is 0 Å². The second kappa shape index (κ2) is 8.89. The summed E-state index contributed by atoms with van der Waals surface area (Å²) in [7, 11) is 1.31. The first kappa shape index (κ1) is 19.3. The summed E-state index contributed by atoms with van der Waals surface area (Å²) in [6.45, 7) is 5.99. The molecule has 2 rings (SSSR count). The molecule has 1 atom stereocenters. The van der Waals surface area contributed by atoms with Crippen LogP contribution in [0.3, 0.4) is 0 Å². The highest BCUT2D eigenvalue weighted by Gasteiger charge is 2.11. The topological polar surface area (TPSA) is 76.7 Å². The molecule has 2 N–H and O–H groups in total. The Bertz CT molecular complexity index is 757. The van der Waals surface area contributed by atoms with Gasteiger partial charge in [-0.25, -0.2) is 9.59 Å². The Labute approximate surface area is 153 Å². The predicted octanol–water partition coefficient (Wildman–Crippen LogP) is 4.14. The highest BCUT2D eigenvalue weighted by Crippen LogP contribution is 2.19. The average molecular weight is 356 g/mol. The highest BCUT2D eigenvalue weighted by atomic mass is 16.5. The maximum atomic E-state index is 12.1. The van der Waals surface area contributed by atoms with E-state index < -0.39 is 18.2 Å². The summed E-state index contributed by atoms with van der Waals surface area (Å²) in [5, 5.41) is 5.35. The fourth-order valence-corrected chi connectivity index (χ4v) is 2.36. The molecule has 0 aromatic heterocycles. The maximum absolute atomic E-state index is 12.1. The third kappa shape index (κ3) is 5.51. The lowest BCUT2D eigenvalue weighted by Crippen LogP contribution is -2.39. The van der Waals surface area contributed by atoms with Crippen LogP contribution in [-0.2, 0) is 4.74 Å². The van der Waals surface area contributed by atoms with Crippen molar-refractivity contribution in [2.24, 2.45) is 0 Å². The van der Waals surface area contributed by atoms with Gasteiger partial charge in [0.05, 0.1) is 12.7 Å². The molecule has 0 saturated heterocycles. The number of urea groups is 1. The average Bonchev–Trinajstić information content (AvgIpc) is 2.61. The van der Waals surface area contributed by atoms with Crippen LogP contribution in [0.4, 0.5) is 10.5 Å². The fraction of sp³-hybridized carbons (Fsp3) is 0.300. The molecule has 6 nitrogen and oxygen atoms in total. The van der Waals surface area contributed by atoms with Crippen molar-refractivity contribution in [3.05, 3.63) is 59.7 Å². The lowest BCUT2D eigenvalue weighted by Gasteiger charge is -2.17. The van der Waals surface area contributed by atoms with Crippen LogP contribution < -0.4 is 15.4 Å². The lowest BCUT2D eigenvalue weighted by molar-refractivity contribution is 0.0600. The Morgan fingerprint density at radius 1 is 1.00 bits per heavy atom. The summed E-state index contributed by atoms with van der Waals surface area (Å²) in [6, 6.07) is 13.8. The molecular formula is C20H24N2O4. The van der Waals surface area contributed by atoms with Crippen LogP contribution in [-0.4, -0.2) is 25.3 Å².